The summed E-state index contributed by atoms with van der Waals surface area (Å²) in [5.74, 6) is 0.635. The van der Waals surface area contributed by atoms with Crippen LogP contribution >= 0.6 is 0 Å². The Bertz CT molecular complexity index is 460. The first-order valence-corrected chi connectivity index (χ1v) is 7.67. The van der Waals surface area contributed by atoms with E-state index in [0.29, 0.717) is 18.0 Å². The highest BCUT2D eigenvalue weighted by Gasteiger charge is 2.33. The van der Waals surface area contributed by atoms with Gasteiger partial charge >= 0.3 is 0 Å². The van der Waals surface area contributed by atoms with Crippen molar-refractivity contribution in [2.45, 2.75) is 45.2 Å². The molecule has 3 nitrogen and oxygen atoms in total. The van der Waals surface area contributed by atoms with E-state index in [1.165, 1.54) is 24.8 Å². The zero-order chi connectivity index (χ0) is 14.5. The number of rotatable bonds is 5. The fourth-order valence-electron chi connectivity index (χ4n) is 3.55. The molecule has 20 heavy (non-hydrogen) atoms. The van der Waals surface area contributed by atoms with Crippen LogP contribution in [0.3, 0.4) is 0 Å². The van der Waals surface area contributed by atoms with Gasteiger partial charge in [0.25, 0.3) is 0 Å². The fourth-order valence-corrected chi connectivity index (χ4v) is 3.55. The number of benzene rings is 1. The summed E-state index contributed by atoms with van der Waals surface area (Å²) in [4.78, 5) is 2.58. The van der Waals surface area contributed by atoms with E-state index in [1.807, 2.05) is 12.1 Å². The van der Waals surface area contributed by atoms with Gasteiger partial charge in [-0.15, -0.1) is 0 Å². The van der Waals surface area contributed by atoms with Crippen LogP contribution in [0.25, 0.3) is 0 Å². The van der Waals surface area contributed by atoms with Crippen molar-refractivity contribution in [2.75, 3.05) is 13.1 Å². The van der Waals surface area contributed by atoms with Gasteiger partial charge in [-0.1, -0.05) is 25.5 Å². The van der Waals surface area contributed by atoms with Gasteiger partial charge in [0.15, 0.2) is 0 Å². The lowest BCUT2D eigenvalue weighted by Crippen LogP contribution is -2.41. The molecule has 0 spiro atoms. The molecule has 0 aromatic heterocycles. The molecule has 0 heterocycles. The number of nitrogens with zero attached hydrogens (tertiary/aromatic N) is 2. The van der Waals surface area contributed by atoms with E-state index in [9.17, 15) is 0 Å². The second kappa shape index (κ2) is 6.88. The smallest absolute Gasteiger partial charge is 0.0991 e. The summed E-state index contributed by atoms with van der Waals surface area (Å²) in [7, 11) is 0. The molecular weight excluding hydrogens is 246 g/mol. The van der Waals surface area contributed by atoms with Gasteiger partial charge in [-0.25, -0.2) is 0 Å². The van der Waals surface area contributed by atoms with Gasteiger partial charge < -0.3 is 5.73 Å². The molecule has 0 radical (unpaired) electrons. The number of nitrogens with two attached hydrogens (primary N) is 1. The van der Waals surface area contributed by atoms with Gasteiger partial charge in [-0.05, 0) is 56.5 Å². The van der Waals surface area contributed by atoms with Crippen molar-refractivity contribution in [3.8, 4) is 6.07 Å². The van der Waals surface area contributed by atoms with Crippen LogP contribution in [0, 0.1) is 17.2 Å². The number of nitriles is 1. The number of hydrogen-bond donors (Lipinski definition) is 1. The Labute approximate surface area is 122 Å². The van der Waals surface area contributed by atoms with Crippen LogP contribution in [0.1, 0.15) is 50.3 Å². The summed E-state index contributed by atoms with van der Waals surface area (Å²) >= 11 is 0. The zero-order valence-electron chi connectivity index (χ0n) is 12.5. The SMILES string of the molecule is CCN(C(C)c1ccc(C#N)cc1)C1CCCC1CN. The molecule has 0 aliphatic heterocycles. The molecule has 1 aliphatic carbocycles. The summed E-state index contributed by atoms with van der Waals surface area (Å²) in [6.07, 6.45) is 3.82. The first-order chi connectivity index (χ1) is 9.71. The lowest BCUT2D eigenvalue weighted by molar-refractivity contribution is 0.123. The van der Waals surface area contributed by atoms with E-state index in [0.717, 1.165) is 18.7 Å². The van der Waals surface area contributed by atoms with Gasteiger partial charge in [-0.3, -0.25) is 4.90 Å². The molecule has 3 heteroatoms. The standard InChI is InChI=1S/C17H25N3/c1-3-20(17-6-4-5-16(17)12-19)13(2)15-9-7-14(11-18)8-10-15/h7-10,13,16-17H,3-6,12,19H2,1-2H3. The fraction of sp³-hybridized carbons (Fsp3) is 0.588. The van der Waals surface area contributed by atoms with Crippen molar-refractivity contribution in [1.29, 1.82) is 5.26 Å². The average molecular weight is 271 g/mol. The van der Waals surface area contributed by atoms with Crippen LogP contribution < -0.4 is 5.73 Å². The summed E-state index contributed by atoms with van der Waals surface area (Å²) in [5.41, 5.74) is 7.94. The van der Waals surface area contributed by atoms with E-state index in [4.69, 9.17) is 11.0 Å². The predicted octanol–water partition coefficient (Wildman–Crippen LogP) is 3.07. The van der Waals surface area contributed by atoms with Gasteiger partial charge in [0.1, 0.15) is 0 Å². The Morgan fingerprint density at radius 2 is 2.05 bits per heavy atom. The van der Waals surface area contributed by atoms with Gasteiger partial charge in [-0.2, -0.15) is 5.26 Å². The van der Waals surface area contributed by atoms with Gasteiger partial charge in [0.05, 0.1) is 11.6 Å². The van der Waals surface area contributed by atoms with Crippen molar-refractivity contribution < 1.29 is 0 Å². The highest BCUT2D eigenvalue weighted by atomic mass is 15.2. The molecule has 1 saturated carbocycles. The molecular formula is C17H25N3. The first kappa shape index (κ1) is 15.0. The molecule has 1 aliphatic rings. The molecule has 2 rings (SSSR count). The highest BCUT2D eigenvalue weighted by Crippen LogP contribution is 2.34. The maximum Gasteiger partial charge on any atom is 0.0991 e. The molecule has 108 valence electrons. The normalized spacial score (nSPS) is 23.8. The molecule has 1 aromatic rings. The van der Waals surface area contributed by atoms with Gasteiger partial charge in [0.2, 0.25) is 0 Å². The molecule has 1 aromatic carbocycles. The second-order valence-corrected chi connectivity index (χ2v) is 5.73. The van der Waals surface area contributed by atoms with Crippen molar-refractivity contribution >= 4 is 0 Å². The highest BCUT2D eigenvalue weighted by molar-refractivity contribution is 5.32. The van der Waals surface area contributed by atoms with Crippen LogP contribution in [0.4, 0.5) is 0 Å². The largest absolute Gasteiger partial charge is 0.330 e. The lowest BCUT2D eigenvalue weighted by Gasteiger charge is -2.37. The number of hydrogen-bond acceptors (Lipinski definition) is 3. The van der Waals surface area contributed by atoms with Crippen molar-refractivity contribution in [3.63, 3.8) is 0 Å². The molecule has 0 bridgehead atoms. The van der Waals surface area contributed by atoms with Gasteiger partial charge in [0, 0.05) is 12.1 Å². The van der Waals surface area contributed by atoms with E-state index >= 15 is 0 Å². The van der Waals surface area contributed by atoms with Crippen LogP contribution in [-0.2, 0) is 0 Å². The third-order valence-electron chi connectivity index (χ3n) is 4.73. The van der Waals surface area contributed by atoms with Crippen LogP contribution in [0.15, 0.2) is 24.3 Å². The summed E-state index contributed by atoms with van der Waals surface area (Å²) in [5, 5.41) is 8.89. The Kier molecular flexibility index (Phi) is 5.17. The minimum absolute atomic E-state index is 0.380. The maximum absolute atomic E-state index is 8.89. The molecule has 0 amide bonds. The lowest BCUT2D eigenvalue weighted by atomic mass is 9.97. The third kappa shape index (κ3) is 3.03. The topological polar surface area (TPSA) is 53.0 Å². The second-order valence-electron chi connectivity index (χ2n) is 5.73. The first-order valence-electron chi connectivity index (χ1n) is 7.67. The Hall–Kier alpha value is -1.37. The molecule has 1 fully saturated rings. The van der Waals surface area contributed by atoms with Crippen LogP contribution in [-0.4, -0.2) is 24.0 Å². The third-order valence-corrected chi connectivity index (χ3v) is 4.73. The minimum atomic E-state index is 0.380. The van der Waals surface area contributed by atoms with Crippen molar-refractivity contribution in [1.82, 2.24) is 4.90 Å². The van der Waals surface area contributed by atoms with E-state index in [1.54, 1.807) is 0 Å². The Balaban J connectivity index is 2.15. The van der Waals surface area contributed by atoms with E-state index in [-0.39, 0.29) is 0 Å². The summed E-state index contributed by atoms with van der Waals surface area (Å²) < 4.78 is 0. The predicted molar refractivity (Wildman–Crippen MR) is 82.1 cm³/mol. The molecule has 2 N–H and O–H groups in total. The minimum Gasteiger partial charge on any atom is -0.330 e. The molecule has 0 saturated heterocycles. The maximum atomic E-state index is 8.89. The van der Waals surface area contributed by atoms with Crippen LogP contribution in [0.2, 0.25) is 0 Å². The summed E-state index contributed by atoms with van der Waals surface area (Å²) in [6, 6.07) is 11.2. The van der Waals surface area contributed by atoms with Crippen molar-refractivity contribution in [2.24, 2.45) is 11.7 Å². The molecule has 3 atom stereocenters. The average Bonchev–Trinajstić information content (AvgIpc) is 2.96. The zero-order valence-corrected chi connectivity index (χ0v) is 12.5. The molecule has 3 unspecified atom stereocenters. The summed E-state index contributed by atoms with van der Waals surface area (Å²) in [6.45, 7) is 6.33. The van der Waals surface area contributed by atoms with Crippen LogP contribution in [0.5, 0.6) is 0 Å². The Morgan fingerprint density at radius 1 is 1.35 bits per heavy atom. The Morgan fingerprint density at radius 3 is 2.60 bits per heavy atom. The quantitative estimate of drug-likeness (QED) is 0.895. The monoisotopic (exact) mass is 271 g/mol. The van der Waals surface area contributed by atoms with Crippen molar-refractivity contribution in [3.05, 3.63) is 35.4 Å². The van der Waals surface area contributed by atoms with E-state index < -0.39 is 0 Å². The van der Waals surface area contributed by atoms with E-state index in [2.05, 4.69) is 36.9 Å².